The van der Waals surface area contributed by atoms with Gasteiger partial charge < -0.3 is 5.32 Å². The number of para-hydroxylation sites is 1. The first-order chi connectivity index (χ1) is 13.9. The van der Waals surface area contributed by atoms with E-state index in [-0.39, 0.29) is 23.5 Å². The van der Waals surface area contributed by atoms with Crippen LogP contribution in [0.15, 0.2) is 60.8 Å². The Morgan fingerprint density at radius 1 is 1.14 bits per heavy atom. The second-order valence-corrected chi connectivity index (χ2v) is 9.52. The van der Waals surface area contributed by atoms with E-state index in [2.05, 4.69) is 17.3 Å². The summed E-state index contributed by atoms with van der Waals surface area (Å²) >= 11 is 0. The van der Waals surface area contributed by atoms with Gasteiger partial charge in [-0.2, -0.15) is 5.10 Å². The minimum absolute atomic E-state index is 0.00784. The molecule has 1 unspecified atom stereocenters. The number of nitrogens with one attached hydrogen (secondary N) is 1. The molecular weight excluding hydrogens is 386 g/mol. The highest BCUT2D eigenvalue weighted by Crippen LogP contribution is 2.25. The standard InChI is InChI=1S/C22H23N3O3S/c1-2-16-8-10-17(11-9-16)21-20(14-25(24-21)19-6-4-3-5-7-19)22(26)23-18-12-13-29(27,28)15-18/h3-11,14,18H,2,12-13,15H2,1H3,(H,23,26). The van der Waals surface area contributed by atoms with Crippen LogP contribution < -0.4 is 5.32 Å². The van der Waals surface area contributed by atoms with Gasteiger partial charge in [0.25, 0.3) is 5.91 Å². The predicted molar refractivity (Wildman–Crippen MR) is 113 cm³/mol. The monoisotopic (exact) mass is 409 g/mol. The zero-order valence-corrected chi connectivity index (χ0v) is 17.0. The van der Waals surface area contributed by atoms with Gasteiger partial charge in [0, 0.05) is 17.8 Å². The summed E-state index contributed by atoms with van der Waals surface area (Å²) in [5.41, 5.74) is 3.91. The second-order valence-electron chi connectivity index (χ2n) is 7.30. The molecule has 0 saturated carbocycles. The molecule has 29 heavy (non-hydrogen) atoms. The number of sulfone groups is 1. The van der Waals surface area contributed by atoms with E-state index in [1.807, 2.05) is 54.6 Å². The molecule has 1 aliphatic heterocycles. The fourth-order valence-electron chi connectivity index (χ4n) is 3.54. The molecule has 2 heterocycles. The van der Waals surface area contributed by atoms with Crippen LogP contribution in [0.2, 0.25) is 0 Å². The number of benzene rings is 2. The van der Waals surface area contributed by atoms with Crippen molar-refractivity contribution in [3.8, 4) is 16.9 Å². The summed E-state index contributed by atoms with van der Waals surface area (Å²) in [6.07, 6.45) is 3.08. The van der Waals surface area contributed by atoms with Crippen molar-refractivity contribution in [3.05, 3.63) is 71.9 Å². The van der Waals surface area contributed by atoms with Gasteiger partial charge >= 0.3 is 0 Å². The first-order valence-corrected chi connectivity index (χ1v) is 11.5. The smallest absolute Gasteiger partial charge is 0.255 e. The Morgan fingerprint density at radius 3 is 2.48 bits per heavy atom. The highest BCUT2D eigenvalue weighted by Gasteiger charge is 2.30. The fourth-order valence-corrected chi connectivity index (χ4v) is 5.21. The number of hydrogen-bond acceptors (Lipinski definition) is 4. The number of amides is 1. The molecule has 1 saturated heterocycles. The number of nitrogens with zero attached hydrogens (tertiary/aromatic N) is 2. The quantitative estimate of drug-likeness (QED) is 0.702. The van der Waals surface area contributed by atoms with Gasteiger partial charge in [-0.15, -0.1) is 0 Å². The van der Waals surface area contributed by atoms with Crippen LogP contribution in [0.4, 0.5) is 0 Å². The van der Waals surface area contributed by atoms with E-state index in [4.69, 9.17) is 0 Å². The Balaban J connectivity index is 1.70. The van der Waals surface area contributed by atoms with E-state index >= 15 is 0 Å². The van der Waals surface area contributed by atoms with Crippen molar-refractivity contribution >= 4 is 15.7 Å². The summed E-state index contributed by atoms with van der Waals surface area (Å²) in [6.45, 7) is 2.09. The maximum absolute atomic E-state index is 13.0. The van der Waals surface area contributed by atoms with Gasteiger partial charge in [0.1, 0.15) is 5.69 Å². The van der Waals surface area contributed by atoms with Crippen molar-refractivity contribution in [1.29, 1.82) is 0 Å². The van der Waals surface area contributed by atoms with Gasteiger partial charge in [-0.1, -0.05) is 49.4 Å². The van der Waals surface area contributed by atoms with Gasteiger partial charge in [0.05, 0.1) is 22.8 Å². The molecule has 4 rings (SSSR count). The largest absolute Gasteiger partial charge is 0.348 e. The van der Waals surface area contributed by atoms with Crippen molar-refractivity contribution < 1.29 is 13.2 Å². The Bertz CT molecular complexity index is 1120. The van der Waals surface area contributed by atoms with Crippen molar-refractivity contribution in [2.24, 2.45) is 0 Å². The molecule has 1 atom stereocenters. The first kappa shape index (κ1) is 19.4. The van der Waals surface area contributed by atoms with Gasteiger partial charge in [-0.3, -0.25) is 4.79 Å². The zero-order valence-electron chi connectivity index (χ0n) is 16.2. The van der Waals surface area contributed by atoms with Crippen molar-refractivity contribution in [3.63, 3.8) is 0 Å². The third-order valence-electron chi connectivity index (χ3n) is 5.18. The van der Waals surface area contributed by atoms with E-state index in [0.29, 0.717) is 17.7 Å². The van der Waals surface area contributed by atoms with Gasteiger partial charge in [-0.25, -0.2) is 13.1 Å². The summed E-state index contributed by atoms with van der Waals surface area (Å²) in [7, 11) is -3.07. The lowest BCUT2D eigenvalue weighted by molar-refractivity contribution is 0.0942. The molecule has 2 aromatic carbocycles. The highest BCUT2D eigenvalue weighted by atomic mass is 32.2. The number of aromatic nitrogens is 2. The molecule has 1 aliphatic rings. The molecule has 1 N–H and O–H groups in total. The minimum Gasteiger partial charge on any atom is -0.348 e. The van der Waals surface area contributed by atoms with Crippen LogP contribution in [0.25, 0.3) is 16.9 Å². The van der Waals surface area contributed by atoms with Crippen molar-refractivity contribution in [2.45, 2.75) is 25.8 Å². The maximum Gasteiger partial charge on any atom is 0.255 e. The number of carbonyl (C=O) groups is 1. The number of hydrogen-bond donors (Lipinski definition) is 1. The van der Waals surface area contributed by atoms with Crippen LogP contribution in [0.5, 0.6) is 0 Å². The second kappa shape index (κ2) is 7.83. The molecule has 0 aliphatic carbocycles. The number of carbonyl (C=O) groups excluding carboxylic acids is 1. The van der Waals surface area contributed by atoms with Crippen molar-refractivity contribution in [1.82, 2.24) is 15.1 Å². The van der Waals surface area contributed by atoms with E-state index in [1.54, 1.807) is 10.9 Å². The van der Waals surface area contributed by atoms with Crippen LogP contribution >= 0.6 is 0 Å². The van der Waals surface area contributed by atoms with Crippen LogP contribution in [-0.4, -0.2) is 41.7 Å². The molecule has 6 nitrogen and oxygen atoms in total. The summed E-state index contributed by atoms with van der Waals surface area (Å²) in [5.74, 6) is -0.192. The summed E-state index contributed by atoms with van der Waals surface area (Å²) in [5, 5.41) is 7.54. The Labute approximate surface area is 170 Å². The van der Waals surface area contributed by atoms with Crippen LogP contribution in [0.3, 0.4) is 0 Å². The molecule has 1 aromatic heterocycles. The van der Waals surface area contributed by atoms with Gasteiger partial charge in [-0.05, 0) is 30.5 Å². The fraction of sp³-hybridized carbons (Fsp3) is 0.273. The Kier molecular flexibility index (Phi) is 5.24. The summed E-state index contributed by atoms with van der Waals surface area (Å²) < 4.78 is 25.1. The third-order valence-corrected chi connectivity index (χ3v) is 6.95. The lowest BCUT2D eigenvalue weighted by Crippen LogP contribution is -2.35. The molecular formula is C22H23N3O3S. The van der Waals surface area contributed by atoms with Crippen molar-refractivity contribution in [2.75, 3.05) is 11.5 Å². The van der Waals surface area contributed by atoms with Crippen LogP contribution in [0.1, 0.15) is 29.3 Å². The number of rotatable bonds is 5. The van der Waals surface area contributed by atoms with Gasteiger partial charge in [0.15, 0.2) is 9.84 Å². The topological polar surface area (TPSA) is 81.1 Å². The molecule has 0 radical (unpaired) electrons. The minimum atomic E-state index is -3.07. The molecule has 150 valence electrons. The summed E-state index contributed by atoms with van der Waals surface area (Å²) in [6, 6.07) is 17.2. The normalized spacial score (nSPS) is 17.9. The third kappa shape index (κ3) is 4.24. The van der Waals surface area contributed by atoms with Crippen LogP contribution in [0, 0.1) is 0 Å². The molecule has 0 spiro atoms. The van der Waals surface area contributed by atoms with E-state index in [1.165, 1.54) is 5.56 Å². The molecule has 0 bridgehead atoms. The average Bonchev–Trinajstić information content (AvgIpc) is 3.32. The average molecular weight is 410 g/mol. The van der Waals surface area contributed by atoms with Crippen LogP contribution in [-0.2, 0) is 16.3 Å². The highest BCUT2D eigenvalue weighted by molar-refractivity contribution is 7.91. The van der Waals surface area contributed by atoms with E-state index < -0.39 is 9.84 Å². The lowest BCUT2D eigenvalue weighted by atomic mass is 10.0. The van der Waals surface area contributed by atoms with Gasteiger partial charge in [0.2, 0.25) is 0 Å². The first-order valence-electron chi connectivity index (χ1n) is 9.71. The summed E-state index contributed by atoms with van der Waals surface area (Å²) in [4.78, 5) is 13.0. The SMILES string of the molecule is CCc1ccc(-c2nn(-c3ccccc3)cc2C(=O)NC2CCS(=O)(=O)C2)cc1. The number of aryl methyl sites for hydroxylation is 1. The lowest BCUT2D eigenvalue weighted by Gasteiger charge is -2.10. The molecule has 3 aromatic rings. The maximum atomic E-state index is 13.0. The molecule has 1 amide bonds. The van der Waals surface area contributed by atoms with E-state index in [0.717, 1.165) is 17.7 Å². The van der Waals surface area contributed by atoms with E-state index in [9.17, 15) is 13.2 Å². The molecule has 7 heteroatoms. The Hall–Kier alpha value is -2.93. The Morgan fingerprint density at radius 2 is 1.86 bits per heavy atom. The molecule has 1 fully saturated rings. The predicted octanol–water partition coefficient (Wildman–Crippen LogP) is 3.02. The zero-order chi connectivity index (χ0) is 20.4.